The third kappa shape index (κ3) is 4.78. The normalized spacial score (nSPS) is 11.8. The summed E-state index contributed by atoms with van der Waals surface area (Å²) in [6.07, 6.45) is 3.54. The molecule has 0 saturated carbocycles. The number of ketones is 1. The first-order valence-electron chi connectivity index (χ1n) is 8.32. The Hall–Kier alpha value is -2.57. The Labute approximate surface area is 166 Å². The summed E-state index contributed by atoms with van der Waals surface area (Å²) in [4.78, 5) is 28.2. The van der Waals surface area contributed by atoms with Gasteiger partial charge in [0.2, 0.25) is 5.91 Å². The molecule has 0 aliphatic rings. The van der Waals surface area contributed by atoms with Crippen LogP contribution >= 0.6 is 23.4 Å². The van der Waals surface area contributed by atoms with Crippen molar-refractivity contribution in [3.8, 4) is 5.69 Å². The molecule has 1 heterocycles. The second-order valence-electron chi connectivity index (χ2n) is 5.94. The number of halogens is 1. The largest absolute Gasteiger partial charge is 0.325 e. The van der Waals surface area contributed by atoms with Gasteiger partial charge in [-0.25, -0.2) is 4.98 Å². The number of rotatable bonds is 6. The number of imidazole rings is 1. The van der Waals surface area contributed by atoms with Gasteiger partial charge in [0.15, 0.2) is 10.9 Å². The van der Waals surface area contributed by atoms with Crippen molar-refractivity contribution in [3.05, 3.63) is 71.5 Å². The molecule has 0 saturated heterocycles. The molecule has 3 aromatic rings. The summed E-state index contributed by atoms with van der Waals surface area (Å²) >= 11 is 7.31. The number of nitrogens with zero attached hydrogens (tertiary/aromatic N) is 2. The number of aromatic nitrogens is 2. The zero-order valence-electron chi connectivity index (χ0n) is 14.8. The molecule has 1 atom stereocenters. The van der Waals surface area contributed by atoms with Gasteiger partial charge >= 0.3 is 0 Å². The zero-order valence-corrected chi connectivity index (χ0v) is 16.4. The monoisotopic (exact) mass is 399 g/mol. The van der Waals surface area contributed by atoms with Gasteiger partial charge in [-0.2, -0.15) is 0 Å². The number of hydrogen-bond acceptors (Lipinski definition) is 4. The summed E-state index contributed by atoms with van der Waals surface area (Å²) in [5, 5.41) is 3.88. The average Bonchev–Trinajstić information content (AvgIpc) is 3.10. The Morgan fingerprint density at radius 2 is 1.78 bits per heavy atom. The van der Waals surface area contributed by atoms with Crippen molar-refractivity contribution < 1.29 is 9.59 Å². The smallest absolute Gasteiger partial charge is 0.237 e. The number of anilines is 1. The van der Waals surface area contributed by atoms with E-state index in [9.17, 15) is 9.59 Å². The van der Waals surface area contributed by atoms with E-state index in [1.54, 1.807) is 30.5 Å². The maximum absolute atomic E-state index is 12.5. The van der Waals surface area contributed by atoms with Crippen molar-refractivity contribution in [1.29, 1.82) is 0 Å². The topological polar surface area (TPSA) is 64.0 Å². The molecule has 0 radical (unpaired) electrons. The van der Waals surface area contributed by atoms with E-state index in [-0.39, 0.29) is 16.9 Å². The lowest BCUT2D eigenvalue weighted by Crippen LogP contribution is -2.22. The van der Waals surface area contributed by atoms with Crippen LogP contribution in [0.25, 0.3) is 5.69 Å². The predicted molar refractivity (Wildman–Crippen MR) is 109 cm³/mol. The van der Waals surface area contributed by atoms with Crippen LogP contribution in [-0.2, 0) is 4.79 Å². The summed E-state index contributed by atoms with van der Waals surface area (Å²) in [6, 6.07) is 14.3. The van der Waals surface area contributed by atoms with Crippen LogP contribution in [0.3, 0.4) is 0 Å². The molecule has 1 unspecified atom stereocenters. The quantitative estimate of drug-likeness (QED) is 0.475. The van der Waals surface area contributed by atoms with Crippen LogP contribution in [-0.4, -0.2) is 26.5 Å². The third-order valence-corrected chi connectivity index (χ3v) is 5.25. The second-order valence-corrected chi connectivity index (χ2v) is 7.68. The fourth-order valence-corrected chi connectivity index (χ4v) is 3.43. The Bertz CT molecular complexity index is 952. The molecule has 5 nitrogen and oxygen atoms in total. The second kappa shape index (κ2) is 8.41. The van der Waals surface area contributed by atoms with Gasteiger partial charge in [0.05, 0.1) is 5.25 Å². The molecular weight excluding hydrogens is 382 g/mol. The highest BCUT2D eigenvalue weighted by Gasteiger charge is 2.18. The number of carbonyl (C=O) groups excluding carboxylic acids is 2. The van der Waals surface area contributed by atoms with Gasteiger partial charge in [-0.15, -0.1) is 0 Å². The highest BCUT2D eigenvalue weighted by Crippen LogP contribution is 2.26. The first kappa shape index (κ1) is 19.2. The molecular formula is C20H18ClN3O2S. The molecule has 27 heavy (non-hydrogen) atoms. The molecule has 0 aliphatic heterocycles. The van der Waals surface area contributed by atoms with Gasteiger partial charge in [0.25, 0.3) is 0 Å². The highest BCUT2D eigenvalue weighted by atomic mass is 35.5. The van der Waals surface area contributed by atoms with Crippen LogP contribution in [0, 0.1) is 0 Å². The number of carbonyl (C=O) groups is 2. The molecule has 1 aromatic heterocycles. The number of nitrogens with one attached hydrogen (secondary N) is 1. The molecule has 0 fully saturated rings. The molecule has 0 bridgehead atoms. The fourth-order valence-electron chi connectivity index (χ4n) is 2.42. The average molecular weight is 400 g/mol. The van der Waals surface area contributed by atoms with Crippen molar-refractivity contribution in [2.24, 2.45) is 0 Å². The molecule has 1 amide bonds. The van der Waals surface area contributed by atoms with Gasteiger partial charge in [-0.05, 0) is 62.4 Å². The zero-order chi connectivity index (χ0) is 19.4. The minimum atomic E-state index is -0.356. The third-order valence-electron chi connectivity index (χ3n) is 3.92. The summed E-state index contributed by atoms with van der Waals surface area (Å²) in [5.41, 5.74) is 2.19. The van der Waals surface area contributed by atoms with Crippen molar-refractivity contribution in [1.82, 2.24) is 9.55 Å². The van der Waals surface area contributed by atoms with E-state index in [0.717, 1.165) is 5.69 Å². The number of hydrogen-bond donors (Lipinski definition) is 1. The predicted octanol–water partition coefficient (Wildman–Crippen LogP) is 4.85. The molecule has 2 aromatic carbocycles. The van der Waals surface area contributed by atoms with Crippen molar-refractivity contribution >= 4 is 40.7 Å². The molecule has 138 valence electrons. The number of Topliss-reactive ketones (excluding diaryl/α,β-unsaturated/α-hetero) is 1. The minimum absolute atomic E-state index is 0.00849. The van der Waals surface area contributed by atoms with Crippen LogP contribution in [0.5, 0.6) is 0 Å². The first-order valence-corrected chi connectivity index (χ1v) is 9.57. The lowest BCUT2D eigenvalue weighted by atomic mass is 10.1. The van der Waals surface area contributed by atoms with Gasteiger partial charge in [0, 0.05) is 34.4 Å². The van der Waals surface area contributed by atoms with Crippen LogP contribution in [0.2, 0.25) is 5.02 Å². The lowest BCUT2D eigenvalue weighted by Gasteiger charge is -2.13. The Balaban J connectivity index is 1.67. The standard InChI is InChI=1S/C20H18ClN3O2S/c1-13(25)15-3-7-17(8-4-15)23-19(26)14(2)27-20-22-11-12-24(20)18-9-5-16(21)6-10-18/h3-12,14H,1-2H3,(H,23,26). The first-order chi connectivity index (χ1) is 12.9. The van der Waals surface area contributed by atoms with E-state index in [1.807, 2.05) is 42.0 Å². The number of amides is 1. The van der Waals surface area contributed by atoms with Gasteiger partial charge in [0.1, 0.15) is 0 Å². The minimum Gasteiger partial charge on any atom is -0.325 e. The van der Waals surface area contributed by atoms with Crippen LogP contribution in [0.15, 0.2) is 66.1 Å². The van der Waals surface area contributed by atoms with Crippen LogP contribution < -0.4 is 5.32 Å². The lowest BCUT2D eigenvalue weighted by molar-refractivity contribution is -0.115. The molecule has 1 N–H and O–H groups in total. The van der Waals surface area contributed by atoms with E-state index in [0.29, 0.717) is 21.4 Å². The van der Waals surface area contributed by atoms with Crippen molar-refractivity contribution in [3.63, 3.8) is 0 Å². The molecule has 0 spiro atoms. The maximum Gasteiger partial charge on any atom is 0.237 e. The Morgan fingerprint density at radius 1 is 1.11 bits per heavy atom. The van der Waals surface area contributed by atoms with Crippen LogP contribution in [0.1, 0.15) is 24.2 Å². The van der Waals surface area contributed by atoms with Gasteiger partial charge < -0.3 is 5.32 Å². The van der Waals surface area contributed by atoms with Crippen molar-refractivity contribution in [2.75, 3.05) is 5.32 Å². The van der Waals surface area contributed by atoms with Gasteiger partial charge in [-0.1, -0.05) is 23.4 Å². The highest BCUT2D eigenvalue weighted by molar-refractivity contribution is 8.00. The number of benzene rings is 2. The molecule has 7 heteroatoms. The van der Waals surface area contributed by atoms with E-state index >= 15 is 0 Å². The van der Waals surface area contributed by atoms with E-state index in [2.05, 4.69) is 10.3 Å². The molecule has 3 rings (SSSR count). The SMILES string of the molecule is CC(=O)c1ccc(NC(=O)C(C)Sc2nccn2-c2ccc(Cl)cc2)cc1. The number of thioether (sulfide) groups is 1. The Kier molecular flexibility index (Phi) is 5.98. The summed E-state index contributed by atoms with van der Waals surface area (Å²) in [6.45, 7) is 3.33. The molecule has 0 aliphatic carbocycles. The summed E-state index contributed by atoms with van der Waals surface area (Å²) < 4.78 is 1.91. The van der Waals surface area contributed by atoms with Gasteiger partial charge in [-0.3, -0.25) is 14.2 Å². The van der Waals surface area contributed by atoms with Crippen molar-refractivity contribution in [2.45, 2.75) is 24.3 Å². The van der Waals surface area contributed by atoms with E-state index in [1.165, 1.54) is 18.7 Å². The van der Waals surface area contributed by atoms with E-state index in [4.69, 9.17) is 11.6 Å². The van der Waals surface area contributed by atoms with Crippen LogP contribution in [0.4, 0.5) is 5.69 Å². The summed E-state index contributed by atoms with van der Waals surface area (Å²) in [7, 11) is 0. The summed E-state index contributed by atoms with van der Waals surface area (Å²) in [5.74, 6) is -0.146. The fraction of sp³-hybridized carbons (Fsp3) is 0.150. The Morgan fingerprint density at radius 3 is 2.41 bits per heavy atom. The maximum atomic E-state index is 12.5. The van der Waals surface area contributed by atoms with E-state index < -0.39 is 0 Å².